The minimum Gasteiger partial charge on any atom is -0.351 e. The molecule has 0 aliphatic heterocycles. The Morgan fingerprint density at radius 2 is 2.15 bits per heavy atom. The van der Waals surface area contributed by atoms with Gasteiger partial charge in [0.25, 0.3) is 0 Å². The van der Waals surface area contributed by atoms with Crippen molar-refractivity contribution in [3.8, 4) is 0 Å². The minimum atomic E-state index is -0.413. The fourth-order valence-electron chi connectivity index (χ4n) is 1.95. The van der Waals surface area contributed by atoms with E-state index >= 15 is 0 Å². The van der Waals surface area contributed by atoms with E-state index in [1.54, 1.807) is 13.0 Å². The number of fused-ring (bicyclic) bond motifs is 1. The highest BCUT2D eigenvalue weighted by Gasteiger charge is 2.11. The van der Waals surface area contributed by atoms with Crippen LogP contribution in [0.2, 0.25) is 0 Å². The molecule has 0 saturated carbocycles. The maximum Gasteiger partial charge on any atom is 0.318 e. The molecule has 0 fully saturated rings. The molecule has 3 rings (SSSR count). The summed E-state index contributed by atoms with van der Waals surface area (Å²) in [6.07, 6.45) is 0. The number of nitrogens with zero attached hydrogens (tertiary/aromatic N) is 3. The molecule has 0 N–H and O–H groups in total. The van der Waals surface area contributed by atoms with Gasteiger partial charge in [-0.25, -0.2) is 0 Å². The third-order valence-corrected chi connectivity index (χ3v) is 4.10. The monoisotopic (exact) mass is 287 g/mol. The van der Waals surface area contributed by atoms with Crippen LogP contribution in [0, 0.1) is 13.8 Å². The van der Waals surface area contributed by atoms with E-state index in [2.05, 4.69) is 16.2 Å². The zero-order chi connectivity index (χ0) is 14.3. The maximum absolute atomic E-state index is 12.0. The molecule has 3 aromatic rings. The fourth-order valence-corrected chi connectivity index (χ4v) is 3.07. The van der Waals surface area contributed by atoms with Gasteiger partial charge in [0, 0.05) is 13.1 Å². The second kappa shape index (κ2) is 4.72. The quantitative estimate of drug-likeness (QED) is 0.691. The van der Waals surface area contributed by atoms with E-state index in [0.717, 1.165) is 10.2 Å². The smallest absolute Gasteiger partial charge is 0.318 e. The maximum atomic E-state index is 12.0. The zero-order valence-corrected chi connectivity index (χ0v) is 12.2. The number of rotatable bonds is 1. The van der Waals surface area contributed by atoms with Gasteiger partial charge in [0.1, 0.15) is 0 Å². The van der Waals surface area contributed by atoms with Gasteiger partial charge < -0.3 is 9.09 Å². The first kappa shape index (κ1) is 12.8. The molecular weight excluding hydrogens is 274 g/mol. The normalized spacial score (nSPS) is 12.2. The van der Waals surface area contributed by atoms with Crippen LogP contribution in [0.3, 0.4) is 0 Å². The number of aryl methyl sites for hydroxylation is 3. The molecule has 2 aromatic heterocycles. The van der Waals surface area contributed by atoms with Crippen LogP contribution in [0.1, 0.15) is 21.8 Å². The van der Waals surface area contributed by atoms with Gasteiger partial charge in [0.15, 0.2) is 4.80 Å². The molecule has 1 amide bonds. The largest absolute Gasteiger partial charge is 0.351 e. The lowest BCUT2D eigenvalue weighted by atomic mass is 10.2. The Bertz CT molecular complexity index is 870. The lowest BCUT2D eigenvalue weighted by Gasteiger charge is -1.95. The molecule has 2 heterocycles. The molecule has 0 aliphatic carbocycles. The standard InChI is InChI=1S/C14H13N3O2S/c1-8-4-5-10-12(6-8)20-14(17(10)3)15-13(18)11-7-9(2)16-19-11/h4-7H,1-3H3. The van der Waals surface area contributed by atoms with Crippen molar-refractivity contribution in [2.45, 2.75) is 13.8 Å². The van der Waals surface area contributed by atoms with Crippen molar-refractivity contribution in [3.63, 3.8) is 0 Å². The van der Waals surface area contributed by atoms with Crippen molar-refractivity contribution < 1.29 is 9.32 Å². The Balaban J connectivity index is 2.12. The van der Waals surface area contributed by atoms with Gasteiger partial charge in [0.2, 0.25) is 5.76 Å². The van der Waals surface area contributed by atoms with Gasteiger partial charge in [-0.05, 0) is 31.5 Å². The summed E-state index contributed by atoms with van der Waals surface area (Å²) in [7, 11) is 1.89. The highest BCUT2D eigenvalue weighted by Crippen LogP contribution is 2.18. The Morgan fingerprint density at radius 1 is 1.35 bits per heavy atom. The lowest BCUT2D eigenvalue weighted by Crippen LogP contribution is -2.13. The summed E-state index contributed by atoms with van der Waals surface area (Å²) in [5.74, 6) is -0.249. The average molecular weight is 287 g/mol. The minimum absolute atomic E-state index is 0.163. The Kier molecular flexibility index (Phi) is 3.02. The van der Waals surface area contributed by atoms with E-state index in [-0.39, 0.29) is 5.76 Å². The summed E-state index contributed by atoms with van der Waals surface area (Å²) in [6.45, 7) is 3.81. The Hall–Kier alpha value is -2.21. The summed E-state index contributed by atoms with van der Waals surface area (Å²) in [5, 5.41) is 3.70. The van der Waals surface area contributed by atoms with Crippen molar-refractivity contribution in [3.05, 3.63) is 46.1 Å². The van der Waals surface area contributed by atoms with E-state index in [4.69, 9.17) is 4.52 Å². The predicted molar refractivity (Wildman–Crippen MR) is 76.7 cm³/mol. The van der Waals surface area contributed by atoms with Crippen LogP contribution >= 0.6 is 11.3 Å². The lowest BCUT2D eigenvalue weighted by molar-refractivity contribution is 0.0962. The van der Waals surface area contributed by atoms with E-state index < -0.39 is 5.91 Å². The van der Waals surface area contributed by atoms with Crippen LogP contribution < -0.4 is 4.80 Å². The first-order valence-electron chi connectivity index (χ1n) is 6.13. The van der Waals surface area contributed by atoms with E-state index in [1.165, 1.54) is 16.9 Å². The molecule has 1 aromatic carbocycles. The number of amides is 1. The Morgan fingerprint density at radius 3 is 2.85 bits per heavy atom. The average Bonchev–Trinajstić information content (AvgIpc) is 2.95. The van der Waals surface area contributed by atoms with Gasteiger partial charge in [-0.2, -0.15) is 4.99 Å². The third kappa shape index (κ3) is 2.18. The number of benzene rings is 1. The van der Waals surface area contributed by atoms with Crippen molar-refractivity contribution in [2.75, 3.05) is 0 Å². The molecule has 102 valence electrons. The van der Waals surface area contributed by atoms with Crippen LogP contribution in [-0.2, 0) is 7.05 Å². The molecule has 5 nitrogen and oxygen atoms in total. The van der Waals surface area contributed by atoms with Crippen molar-refractivity contribution >= 4 is 27.5 Å². The highest BCUT2D eigenvalue weighted by atomic mass is 32.1. The fraction of sp³-hybridized carbons (Fsp3) is 0.214. The molecule has 0 radical (unpaired) electrons. The number of hydrogen-bond acceptors (Lipinski definition) is 4. The third-order valence-electron chi connectivity index (χ3n) is 3.00. The summed E-state index contributed by atoms with van der Waals surface area (Å²) in [6, 6.07) is 7.75. The number of thiazole rings is 1. The van der Waals surface area contributed by atoms with Gasteiger partial charge in [-0.3, -0.25) is 4.79 Å². The summed E-state index contributed by atoms with van der Waals surface area (Å²) in [5.41, 5.74) is 2.91. The number of hydrogen-bond donors (Lipinski definition) is 0. The van der Waals surface area contributed by atoms with Gasteiger partial charge in [0.05, 0.1) is 15.9 Å². The Labute approximate surface area is 119 Å². The van der Waals surface area contributed by atoms with Crippen LogP contribution in [0.4, 0.5) is 0 Å². The topological polar surface area (TPSA) is 60.4 Å². The molecule has 6 heteroatoms. The molecule has 0 atom stereocenters. The van der Waals surface area contributed by atoms with E-state index in [0.29, 0.717) is 10.5 Å². The van der Waals surface area contributed by atoms with Crippen LogP contribution in [0.25, 0.3) is 10.2 Å². The molecule has 0 aliphatic rings. The molecule has 0 spiro atoms. The highest BCUT2D eigenvalue weighted by molar-refractivity contribution is 7.16. The van der Waals surface area contributed by atoms with Crippen molar-refractivity contribution in [1.82, 2.24) is 9.72 Å². The molecule has 20 heavy (non-hydrogen) atoms. The summed E-state index contributed by atoms with van der Waals surface area (Å²) in [4.78, 5) is 16.8. The molecule has 0 saturated heterocycles. The molecule has 0 bridgehead atoms. The van der Waals surface area contributed by atoms with Gasteiger partial charge >= 0.3 is 5.91 Å². The van der Waals surface area contributed by atoms with E-state index in [9.17, 15) is 4.79 Å². The molecular formula is C14H13N3O2S. The van der Waals surface area contributed by atoms with Crippen molar-refractivity contribution in [1.29, 1.82) is 0 Å². The van der Waals surface area contributed by atoms with Crippen LogP contribution in [0.5, 0.6) is 0 Å². The zero-order valence-electron chi connectivity index (χ0n) is 11.4. The van der Waals surface area contributed by atoms with Crippen LogP contribution in [-0.4, -0.2) is 15.6 Å². The van der Waals surface area contributed by atoms with Crippen LogP contribution in [0.15, 0.2) is 33.8 Å². The first-order valence-corrected chi connectivity index (χ1v) is 6.95. The second-order valence-electron chi connectivity index (χ2n) is 4.66. The number of carbonyl (C=O) groups is 1. The summed E-state index contributed by atoms with van der Waals surface area (Å²) >= 11 is 1.48. The molecule has 0 unspecified atom stereocenters. The first-order chi connectivity index (χ1) is 9.54. The number of aromatic nitrogens is 2. The van der Waals surface area contributed by atoms with Gasteiger partial charge in [-0.15, -0.1) is 0 Å². The number of carbonyl (C=O) groups excluding carboxylic acids is 1. The van der Waals surface area contributed by atoms with E-state index in [1.807, 2.05) is 30.7 Å². The predicted octanol–water partition coefficient (Wildman–Crippen LogP) is 2.59. The van der Waals surface area contributed by atoms with Crippen molar-refractivity contribution in [2.24, 2.45) is 12.0 Å². The second-order valence-corrected chi connectivity index (χ2v) is 5.67. The summed E-state index contributed by atoms with van der Waals surface area (Å²) < 4.78 is 7.94. The SMILES string of the molecule is Cc1ccc2c(c1)sc(=NC(=O)c1cc(C)no1)n2C. The van der Waals surface area contributed by atoms with Gasteiger partial charge in [-0.1, -0.05) is 22.6 Å².